The van der Waals surface area contributed by atoms with Gasteiger partial charge in [-0.25, -0.2) is 0 Å². The Morgan fingerprint density at radius 2 is 0.913 bits per heavy atom. The highest BCUT2D eigenvalue weighted by Gasteiger charge is 2.17. The van der Waals surface area contributed by atoms with Crippen LogP contribution in [-0.4, -0.2) is 25.8 Å². The van der Waals surface area contributed by atoms with Gasteiger partial charge < -0.3 is 14.2 Å². The Morgan fingerprint density at radius 1 is 0.522 bits per heavy atom. The molecule has 0 aliphatic carbocycles. The van der Waals surface area contributed by atoms with E-state index < -0.39 is 0 Å². The Kier molecular flexibility index (Phi) is 18.1. The fraction of sp³-hybridized carbons (Fsp3) is 1.00. The van der Waals surface area contributed by atoms with Crippen molar-refractivity contribution < 1.29 is 14.2 Å². The molecule has 0 aromatic carbocycles. The molecule has 0 aromatic heterocycles. The molecule has 0 amide bonds. The zero-order valence-electron chi connectivity index (χ0n) is 16.3. The van der Waals surface area contributed by atoms with Crippen LogP contribution in [0, 0.1) is 0 Å². The van der Waals surface area contributed by atoms with Crippen molar-refractivity contribution in [1.29, 1.82) is 0 Å². The van der Waals surface area contributed by atoms with Crippen molar-refractivity contribution in [3.8, 4) is 0 Å². The number of rotatable bonds is 18. The summed E-state index contributed by atoms with van der Waals surface area (Å²) in [5.41, 5.74) is 0. The summed E-state index contributed by atoms with van der Waals surface area (Å²) < 4.78 is 18.1. The fourth-order valence-corrected chi connectivity index (χ4v) is 2.43. The molecule has 2 unspecified atom stereocenters. The Morgan fingerprint density at radius 3 is 1.26 bits per heavy atom. The molecule has 0 N–H and O–H groups in total. The highest BCUT2D eigenvalue weighted by atomic mass is 16.8. The van der Waals surface area contributed by atoms with Gasteiger partial charge in [0.05, 0.1) is 0 Å². The van der Waals surface area contributed by atoms with Crippen LogP contribution in [0.1, 0.15) is 105 Å². The summed E-state index contributed by atoms with van der Waals surface area (Å²) in [6.45, 7) is 10.5. The summed E-state index contributed by atoms with van der Waals surface area (Å²) in [4.78, 5) is 0. The maximum absolute atomic E-state index is 6.17. The molecule has 0 aliphatic heterocycles. The summed E-state index contributed by atoms with van der Waals surface area (Å²) in [5, 5.41) is 0. The van der Waals surface area contributed by atoms with E-state index in [0.717, 1.165) is 51.7 Å². The van der Waals surface area contributed by atoms with Crippen LogP contribution in [0.5, 0.6) is 0 Å². The minimum Gasteiger partial charge on any atom is -0.353 e. The van der Waals surface area contributed by atoms with E-state index in [1.807, 2.05) is 0 Å². The number of hydrogen-bond donors (Lipinski definition) is 0. The standard InChI is InChI=1S/C20H42O3/c1-5-9-13-17-21-19(15-11-7-3)23-20(16-12-8-4)22-18-14-10-6-2/h19-20H,5-18H2,1-4H3. The summed E-state index contributed by atoms with van der Waals surface area (Å²) in [7, 11) is 0. The maximum atomic E-state index is 6.17. The molecule has 3 heteroatoms. The van der Waals surface area contributed by atoms with Gasteiger partial charge in [-0.15, -0.1) is 0 Å². The molecule has 0 radical (unpaired) electrons. The van der Waals surface area contributed by atoms with Crippen molar-refractivity contribution in [1.82, 2.24) is 0 Å². The van der Waals surface area contributed by atoms with Gasteiger partial charge >= 0.3 is 0 Å². The van der Waals surface area contributed by atoms with Gasteiger partial charge in [-0.1, -0.05) is 66.2 Å². The van der Waals surface area contributed by atoms with Crippen LogP contribution < -0.4 is 0 Å². The second-order valence-corrected chi connectivity index (χ2v) is 6.44. The minimum absolute atomic E-state index is 0.0974. The van der Waals surface area contributed by atoms with Crippen molar-refractivity contribution in [2.75, 3.05) is 13.2 Å². The molecular formula is C20H42O3. The van der Waals surface area contributed by atoms with Crippen molar-refractivity contribution in [2.24, 2.45) is 0 Å². The normalized spacial score (nSPS) is 14.1. The molecule has 0 fully saturated rings. The average Bonchev–Trinajstić information content (AvgIpc) is 2.57. The quantitative estimate of drug-likeness (QED) is 0.213. The minimum atomic E-state index is -0.0974. The fourth-order valence-electron chi connectivity index (χ4n) is 2.43. The van der Waals surface area contributed by atoms with Gasteiger partial charge in [0.15, 0.2) is 12.6 Å². The molecule has 0 heterocycles. The van der Waals surface area contributed by atoms with Gasteiger partial charge in [-0.2, -0.15) is 0 Å². The first-order chi connectivity index (χ1) is 11.3. The highest BCUT2D eigenvalue weighted by molar-refractivity contribution is 4.53. The third-order valence-corrected chi connectivity index (χ3v) is 3.99. The second-order valence-electron chi connectivity index (χ2n) is 6.44. The molecule has 23 heavy (non-hydrogen) atoms. The highest BCUT2D eigenvalue weighted by Crippen LogP contribution is 2.16. The Labute approximate surface area is 145 Å². The zero-order valence-corrected chi connectivity index (χ0v) is 16.3. The molecular weight excluding hydrogens is 288 g/mol. The molecule has 0 saturated carbocycles. The van der Waals surface area contributed by atoms with Crippen LogP contribution in [0.25, 0.3) is 0 Å². The monoisotopic (exact) mass is 330 g/mol. The van der Waals surface area contributed by atoms with Gasteiger partial charge in [-0.3, -0.25) is 0 Å². The van der Waals surface area contributed by atoms with Gasteiger partial charge in [0.1, 0.15) is 0 Å². The molecule has 0 aliphatic rings. The predicted molar refractivity (Wildman–Crippen MR) is 98.7 cm³/mol. The van der Waals surface area contributed by atoms with Crippen LogP contribution in [-0.2, 0) is 14.2 Å². The Hall–Kier alpha value is -0.120. The van der Waals surface area contributed by atoms with E-state index in [0.29, 0.717) is 0 Å². The SMILES string of the molecule is CCCCCOC(CCCC)OC(CCCC)OCCCCC. The first-order valence-electron chi connectivity index (χ1n) is 10.2. The lowest BCUT2D eigenvalue weighted by molar-refractivity contribution is -0.250. The lowest BCUT2D eigenvalue weighted by atomic mass is 10.2. The smallest absolute Gasteiger partial charge is 0.160 e. The van der Waals surface area contributed by atoms with E-state index in [-0.39, 0.29) is 12.6 Å². The Bertz CT molecular complexity index is 199. The number of hydrogen-bond acceptors (Lipinski definition) is 3. The maximum Gasteiger partial charge on any atom is 0.160 e. The first-order valence-corrected chi connectivity index (χ1v) is 10.2. The van der Waals surface area contributed by atoms with Gasteiger partial charge in [0.2, 0.25) is 0 Å². The van der Waals surface area contributed by atoms with Crippen molar-refractivity contribution >= 4 is 0 Å². The third kappa shape index (κ3) is 15.2. The molecule has 140 valence electrons. The van der Waals surface area contributed by atoms with E-state index in [4.69, 9.17) is 14.2 Å². The predicted octanol–water partition coefficient (Wildman–Crippen LogP) is 6.45. The van der Waals surface area contributed by atoms with E-state index in [9.17, 15) is 0 Å². The Balaban J connectivity index is 4.23. The van der Waals surface area contributed by atoms with Crippen LogP contribution in [0.15, 0.2) is 0 Å². The second kappa shape index (κ2) is 18.2. The zero-order chi connectivity index (χ0) is 17.2. The average molecular weight is 331 g/mol. The molecule has 0 spiro atoms. The topological polar surface area (TPSA) is 27.7 Å². The molecule has 0 rings (SSSR count). The van der Waals surface area contributed by atoms with Crippen LogP contribution >= 0.6 is 0 Å². The van der Waals surface area contributed by atoms with E-state index in [2.05, 4.69) is 27.7 Å². The van der Waals surface area contributed by atoms with Gasteiger partial charge in [0, 0.05) is 13.2 Å². The van der Waals surface area contributed by atoms with Gasteiger partial charge in [-0.05, 0) is 38.5 Å². The van der Waals surface area contributed by atoms with E-state index in [1.165, 1.54) is 38.5 Å². The summed E-state index contributed by atoms with van der Waals surface area (Å²) in [5.74, 6) is 0. The molecule has 0 saturated heterocycles. The number of unbranched alkanes of at least 4 members (excludes halogenated alkanes) is 6. The van der Waals surface area contributed by atoms with Crippen molar-refractivity contribution in [2.45, 2.75) is 117 Å². The van der Waals surface area contributed by atoms with Crippen LogP contribution in [0.3, 0.4) is 0 Å². The van der Waals surface area contributed by atoms with Crippen molar-refractivity contribution in [3.63, 3.8) is 0 Å². The summed E-state index contributed by atoms with van der Waals surface area (Å²) >= 11 is 0. The molecule has 3 nitrogen and oxygen atoms in total. The lowest BCUT2D eigenvalue weighted by Crippen LogP contribution is -2.28. The lowest BCUT2D eigenvalue weighted by Gasteiger charge is -2.25. The molecule has 2 atom stereocenters. The van der Waals surface area contributed by atoms with E-state index in [1.54, 1.807) is 0 Å². The molecule has 0 aromatic rings. The van der Waals surface area contributed by atoms with Crippen LogP contribution in [0.2, 0.25) is 0 Å². The summed E-state index contributed by atoms with van der Waals surface area (Å²) in [6.07, 6.45) is 13.6. The largest absolute Gasteiger partial charge is 0.353 e. The molecule has 0 bridgehead atoms. The first kappa shape index (κ1) is 22.9. The van der Waals surface area contributed by atoms with Crippen LogP contribution in [0.4, 0.5) is 0 Å². The van der Waals surface area contributed by atoms with Crippen molar-refractivity contribution in [3.05, 3.63) is 0 Å². The number of ether oxygens (including phenoxy) is 3. The summed E-state index contributed by atoms with van der Waals surface area (Å²) in [6, 6.07) is 0. The van der Waals surface area contributed by atoms with E-state index >= 15 is 0 Å². The van der Waals surface area contributed by atoms with Gasteiger partial charge in [0.25, 0.3) is 0 Å². The third-order valence-electron chi connectivity index (χ3n) is 3.99.